The van der Waals surface area contributed by atoms with Gasteiger partial charge in [-0.3, -0.25) is 9.97 Å². The zero-order valence-corrected chi connectivity index (χ0v) is 9.87. The van der Waals surface area contributed by atoms with E-state index in [9.17, 15) is 0 Å². The molecule has 0 aliphatic carbocycles. The molecule has 18 heavy (non-hydrogen) atoms. The van der Waals surface area contributed by atoms with Gasteiger partial charge in [0.25, 0.3) is 0 Å². The quantitative estimate of drug-likeness (QED) is 0.687. The zero-order chi connectivity index (χ0) is 12.4. The number of nitrogens with zero attached hydrogens (tertiary/aromatic N) is 3. The van der Waals surface area contributed by atoms with Crippen molar-refractivity contribution in [2.45, 2.75) is 6.92 Å². The van der Waals surface area contributed by atoms with E-state index in [0.29, 0.717) is 0 Å². The van der Waals surface area contributed by atoms with Crippen LogP contribution in [0.3, 0.4) is 0 Å². The topological polar surface area (TPSA) is 51.8 Å². The highest BCUT2D eigenvalue weighted by Crippen LogP contribution is 2.23. The van der Waals surface area contributed by atoms with E-state index in [1.165, 1.54) is 0 Å². The minimum atomic E-state index is 0.796. The van der Waals surface area contributed by atoms with Gasteiger partial charge in [0.05, 0.1) is 5.69 Å². The summed E-state index contributed by atoms with van der Waals surface area (Å²) in [6.07, 6.45) is 5.30. The highest BCUT2D eigenvalue weighted by atomic mass is 16.5. The predicted octanol–water partition coefficient (Wildman–Crippen LogP) is 3.11. The van der Waals surface area contributed by atoms with Gasteiger partial charge in [-0.25, -0.2) is 0 Å². The second-order valence-electron chi connectivity index (χ2n) is 3.99. The number of aromatic nitrogens is 3. The third kappa shape index (κ3) is 2.00. The van der Waals surface area contributed by atoms with Crippen LogP contribution in [-0.4, -0.2) is 15.1 Å². The summed E-state index contributed by atoms with van der Waals surface area (Å²) in [5, 5.41) is 4.00. The molecule has 0 fully saturated rings. The van der Waals surface area contributed by atoms with Crippen LogP contribution >= 0.6 is 0 Å². The Morgan fingerprint density at radius 3 is 2.67 bits per heavy atom. The standard InChI is InChI=1S/C14H11N3O/c1-10-7-14(17-18-10)11-4-6-16-13(8-11)12-3-2-5-15-9-12/h2-9H,1H3. The van der Waals surface area contributed by atoms with Crippen LogP contribution in [0.15, 0.2) is 53.4 Å². The molecule has 0 N–H and O–H groups in total. The van der Waals surface area contributed by atoms with Gasteiger partial charge < -0.3 is 4.52 Å². The van der Waals surface area contributed by atoms with E-state index >= 15 is 0 Å². The SMILES string of the molecule is Cc1cc(-c2ccnc(-c3cccnc3)c2)no1. The molecule has 0 atom stereocenters. The summed E-state index contributed by atoms with van der Waals surface area (Å²) in [6.45, 7) is 1.87. The Kier molecular flexibility index (Phi) is 2.61. The fourth-order valence-electron chi connectivity index (χ4n) is 1.76. The summed E-state index contributed by atoms with van der Waals surface area (Å²) < 4.78 is 5.08. The molecule has 0 saturated carbocycles. The van der Waals surface area contributed by atoms with Crippen molar-refractivity contribution < 1.29 is 4.52 Å². The van der Waals surface area contributed by atoms with Crippen molar-refractivity contribution in [1.82, 2.24) is 15.1 Å². The molecule has 4 nitrogen and oxygen atoms in total. The van der Waals surface area contributed by atoms with Gasteiger partial charge >= 0.3 is 0 Å². The summed E-state index contributed by atoms with van der Waals surface area (Å²) >= 11 is 0. The lowest BCUT2D eigenvalue weighted by Gasteiger charge is -2.01. The van der Waals surface area contributed by atoms with E-state index in [-0.39, 0.29) is 0 Å². The minimum absolute atomic E-state index is 0.796. The van der Waals surface area contributed by atoms with E-state index in [1.54, 1.807) is 18.6 Å². The molecule has 0 spiro atoms. The van der Waals surface area contributed by atoms with Crippen molar-refractivity contribution in [2.75, 3.05) is 0 Å². The lowest BCUT2D eigenvalue weighted by Crippen LogP contribution is -1.85. The number of aryl methyl sites for hydroxylation is 1. The Hall–Kier alpha value is -2.49. The van der Waals surface area contributed by atoms with E-state index < -0.39 is 0 Å². The summed E-state index contributed by atoms with van der Waals surface area (Å²) in [6, 6.07) is 9.67. The first-order valence-electron chi connectivity index (χ1n) is 5.63. The highest BCUT2D eigenvalue weighted by molar-refractivity contribution is 5.67. The van der Waals surface area contributed by atoms with Gasteiger partial charge in [-0.2, -0.15) is 0 Å². The molecule has 0 aromatic carbocycles. The molecule has 0 aliphatic rings. The molecule has 3 aromatic heterocycles. The van der Waals surface area contributed by atoms with Crippen molar-refractivity contribution in [2.24, 2.45) is 0 Å². The molecular weight excluding hydrogens is 226 g/mol. The number of rotatable bonds is 2. The highest BCUT2D eigenvalue weighted by Gasteiger charge is 2.06. The second-order valence-corrected chi connectivity index (χ2v) is 3.99. The number of pyridine rings is 2. The largest absolute Gasteiger partial charge is 0.361 e. The summed E-state index contributed by atoms with van der Waals surface area (Å²) in [5.74, 6) is 0.796. The fourth-order valence-corrected chi connectivity index (χ4v) is 1.76. The van der Waals surface area contributed by atoms with Gasteiger partial charge in [0.1, 0.15) is 11.5 Å². The second kappa shape index (κ2) is 4.41. The molecule has 88 valence electrons. The smallest absolute Gasteiger partial charge is 0.134 e. The van der Waals surface area contributed by atoms with Crippen LogP contribution in [-0.2, 0) is 0 Å². The van der Waals surface area contributed by atoms with Gasteiger partial charge in [-0.15, -0.1) is 0 Å². The van der Waals surface area contributed by atoms with Crippen LogP contribution in [0.2, 0.25) is 0 Å². The average molecular weight is 237 g/mol. The van der Waals surface area contributed by atoms with Crippen molar-refractivity contribution >= 4 is 0 Å². The van der Waals surface area contributed by atoms with Crippen molar-refractivity contribution in [3.05, 3.63) is 54.7 Å². The number of hydrogen-bond acceptors (Lipinski definition) is 4. The first-order chi connectivity index (χ1) is 8.83. The first-order valence-corrected chi connectivity index (χ1v) is 5.63. The summed E-state index contributed by atoms with van der Waals surface area (Å²) in [7, 11) is 0. The maximum Gasteiger partial charge on any atom is 0.134 e. The molecular formula is C14H11N3O. The Bertz CT molecular complexity index is 662. The lowest BCUT2D eigenvalue weighted by molar-refractivity contribution is 0.399. The molecule has 0 radical (unpaired) electrons. The number of hydrogen-bond donors (Lipinski definition) is 0. The van der Waals surface area contributed by atoms with Gasteiger partial charge in [0.15, 0.2) is 0 Å². The molecule has 3 rings (SSSR count). The van der Waals surface area contributed by atoms with Crippen molar-refractivity contribution in [3.8, 4) is 22.5 Å². The average Bonchev–Trinajstić information content (AvgIpc) is 2.87. The van der Waals surface area contributed by atoms with E-state index in [0.717, 1.165) is 28.3 Å². The van der Waals surface area contributed by atoms with E-state index in [4.69, 9.17) is 4.52 Å². The Morgan fingerprint density at radius 2 is 1.94 bits per heavy atom. The molecule has 3 aromatic rings. The van der Waals surface area contributed by atoms with E-state index in [1.807, 2.05) is 37.3 Å². The molecule has 4 heteroatoms. The Morgan fingerprint density at radius 1 is 1.00 bits per heavy atom. The van der Waals surface area contributed by atoms with Crippen LogP contribution in [0.1, 0.15) is 5.76 Å². The Balaban J connectivity index is 2.05. The van der Waals surface area contributed by atoms with Crippen LogP contribution in [0, 0.1) is 6.92 Å². The zero-order valence-electron chi connectivity index (χ0n) is 9.87. The van der Waals surface area contributed by atoms with Gasteiger partial charge in [0.2, 0.25) is 0 Å². The summed E-state index contributed by atoms with van der Waals surface area (Å²) in [4.78, 5) is 8.44. The van der Waals surface area contributed by atoms with Gasteiger partial charge in [-0.1, -0.05) is 5.16 Å². The normalized spacial score (nSPS) is 10.5. The Labute approximate surface area is 104 Å². The van der Waals surface area contributed by atoms with Crippen LogP contribution < -0.4 is 0 Å². The van der Waals surface area contributed by atoms with Crippen LogP contribution in [0.25, 0.3) is 22.5 Å². The molecule has 3 heterocycles. The third-order valence-corrected chi connectivity index (χ3v) is 2.64. The van der Waals surface area contributed by atoms with Crippen molar-refractivity contribution in [1.29, 1.82) is 0 Å². The van der Waals surface area contributed by atoms with Gasteiger partial charge in [-0.05, 0) is 31.2 Å². The van der Waals surface area contributed by atoms with E-state index in [2.05, 4.69) is 15.1 Å². The molecule has 0 unspecified atom stereocenters. The van der Waals surface area contributed by atoms with Gasteiger partial charge in [0, 0.05) is 35.8 Å². The predicted molar refractivity (Wildman–Crippen MR) is 67.7 cm³/mol. The molecule has 0 saturated heterocycles. The molecule has 0 bridgehead atoms. The first kappa shape index (κ1) is 10.7. The summed E-state index contributed by atoms with van der Waals surface area (Å²) in [5.41, 5.74) is 3.67. The molecule has 0 aliphatic heterocycles. The lowest BCUT2D eigenvalue weighted by atomic mass is 10.1. The third-order valence-electron chi connectivity index (χ3n) is 2.64. The maximum atomic E-state index is 5.08. The monoisotopic (exact) mass is 237 g/mol. The van der Waals surface area contributed by atoms with Crippen LogP contribution in [0.5, 0.6) is 0 Å². The van der Waals surface area contributed by atoms with Crippen LogP contribution in [0.4, 0.5) is 0 Å². The fraction of sp³-hybridized carbons (Fsp3) is 0.0714. The minimum Gasteiger partial charge on any atom is -0.361 e. The molecule has 0 amide bonds. The van der Waals surface area contributed by atoms with Crippen molar-refractivity contribution in [3.63, 3.8) is 0 Å². The maximum absolute atomic E-state index is 5.08.